The van der Waals surface area contributed by atoms with Gasteiger partial charge in [-0.25, -0.2) is 4.68 Å². The Morgan fingerprint density at radius 3 is 2.52 bits per heavy atom. The Morgan fingerprint density at radius 2 is 1.80 bits per heavy atom. The highest BCUT2D eigenvalue weighted by Crippen LogP contribution is 2.29. The van der Waals surface area contributed by atoms with E-state index in [4.69, 9.17) is 0 Å². The van der Waals surface area contributed by atoms with Crippen LogP contribution < -0.4 is 5.32 Å². The van der Waals surface area contributed by atoms with Gasteiger partial charge in [0.1, 0.15) is 5.82 Å². The minimum absolute atomic E-state index is 0.00376. The number of carbonyl (C=O) groups is 2. The van der Waals surface area contributed by atoms with Crippen LogP contribution in [0.25, 0.3) is 0 Å². The molecule has 1 aromatic carbocycles. The fraction of sp³-hybridized carbons (Fsp3) is 0.450. The lowest BCUT2D eigenvalue weighted by atomic mass is 9.96. The van der Waals surface area contributed by atoms with E-state index < -0.39 is 0 Å². The van der Waals surface area contributed by atoms with Gasteiger partial charge in [-0.1, -0.05) is 49.1 Å². The predicted molar refractivity (Wildman–Crippen MR) is 97.7 cm³/mol. The van der Waals surface area contributed by atoms with Crippen molar-refractivity contribution in [1.82, 2.24) is 9.78 Å². The van der Waals surface area contributed by atoms with Gasteiger partial charge in [-0.05, 0) is 19.8 Å². The number of carbonyl (C=O) groups excluding carboxylic acids is 2. The zero-order chi connectivity index (χ0) is 17.6. The van der Waals surface area contributed by atoms with Crippen molar-refractivity contribution in [1.29, 1.82) is 0 Å². The van der Waals surface area contributed by atoms with E-state index in [1.54, 1.807) is 6.20 Å². The van der Waals surface area contributed by atoms with E-state index in [-0.39, 0.29) is 24.5 Å². The Morgan fingerprint density at radius 1 is 1.08 bits per heavy atom. The van der Waals surface area contributed by atoms with Gasteiger partial charge in [-0.3, -0.25) is 9.59 Å². The summed E-state index contributed by atoms with van der Waals surface area (Å²) < 4.78 is 1.93. The molecule has 2 aromatic rings. The van der Waals surface area contributed by atoms with E-state index >= 15 is 0 Å². The normalized spacial score (nSPS) is 15.1. The van der Waals surface area contributed by atoms with Crippen molar-refractivity contribution in [2.24, 2.45) is 0 Å². The topological polar surface area (TPSA) is 64.0 Å². The zero-order valence-corrected chi connectivity index (χ0v) is 14.7. The molecule has 1 heterocycles. The molecule has 1 amide bonds. The Kier molecular flexibility index (Phi) is 5.64. The molecular formula is C20H25N3O2. The first-order valence-corrected chi connectivity index (χ1v) is 9.07. The average Bonchev–Trinajstić information content (AvgIpc) is 3.09. The van der Waals surface area contributed by atoms with Crippen molar-refractivity contribution < 1.29 is 9.59 Å². The summed E-state index contributed by atoms with van der Waals surface area (Å²) >= 11 is 0. The molecule has 1 aliphatic carbocycles. The molecule has 132 valence electrons. The third-order valence-electron chi connectivity index (χ3n) is 4.81. The number of aromatic nitrogens is 2. The largest absolute Gasteiger partial charge is 0.311 e. The molecule has 0 unspecified atom stereocenters. The van der Waals surface area contributed by atoms with Crippen molar-refractivity contribution >= 4 is 17.5 Å². The van der Waals surface area contributed by atoms with Crippen LogP contribution in [0.2, 0.25) is 0 Å². The molecule has 1 saturated carbocycles. The second-order valence-corrected chi connectivity index (χ2v) is 6.79. The van der Waals surface area contributed by atoms with Gasteiger partial charge in [0.2, 0.25) is 5.91 Å². The lowest BCUT2D eigenvalue weighted by molar-refractivity contribution is -0.116. The molecule has 1 fully saturated rings. The molecule has 1 N–H and O–H groups in total. The summed E-state index contributed by atoms with van der Waals surface area (Å²) in [6, 6.07) is 9.65. The van der Waals surface area contributed by atoms with Crippen LogP contribution in [0.1, 0.15) is 66.9 Å². The molecule has 1 aromatic heterocycles. The van der Waals surface area contributed by atoms with Crippen LogP contribution in [0.5, 0.6) is 0 Å². The van der Waals surface area contributed by atoms with Crippen molar-refractivity contribution in [3.05, 3.63) is 47.7 Å². The van der Waals surface area contributed by atoms with Crippen LogP contribution in [0.4, 0.5) is 5.82 Å². The lowest BCUT2D eigenvalue weighted by Gasteiger charge is -2.23. The van der Waals surface area contributed by atoms with Crippen LogP contribution >= 0.6 is 0 Å². The number of Topliss-reactive ketones (excluding diaryl/α,β-unsaturated/α-hetero) is 1. The predicted octanol–water partition coefficient (Wildman–Crippen LogP) is 4.30. The number of aryl methyl sites for hydroxylation is 1. The standard InChI is InChI=1S/C20H25N3O2/c1-15-7-9-16(10-8-15)18(24)11-12-20(25)22-19-13-14-21-23(19)17-5-3-2-4-6-17/h7-10,13-14,17H,2-6,11-12H2,1H3,(H,22,25). The molecule has 1 aliphatic rings. The molecule has 5 nitrogen and oxygen atoms in total. The molecule has 0 bridgehead atoms. The number of hydrogen-bond donors (Lipinski definition) is 1. The van der Waals surface area contributed by atoms with Gasteiger partial charge in [0.05, 0.1) is 12.2 Å². The number of nitrogens with zero attached hydrogens (tertiary/aromatic N) is 2. The lowest BCUT2D eigenvalue weighted by Crippen LogP contribution is -2.20. The summed E-state index contributed by atoms with van der Waals surface area (Å²) in [5, 5.41) is 7.29. The Hall–Kier alpha value is -2.43. The number of hydrogen-bond acceptors (Lipinski definition) is 3. The molecule has 0 aliphatic heterocycles. The highest BCUT2D eigenvalue weighted by atomic mass is 16.2. The second-order valence-electron chi connectivity index (χ2n) is 6.79. The maximum Gasteiger partial charge on any atom is 0.225 e. The molecule has 25 heavy (non-hydrogen) atoms. The number of anilines is 1. The van der Waals surface area contributed by atoms with Crippen LogP contribution in [0.3, 0.4) is 0 Å². The van der Waals surface area contributed by atoms with Crippen LogP contribution in [0.15, 0.2) is 36.5 Å². The number of amides is 1. The monoisotopic (exact) mass is 339 g/mol. The van der Waals surface area contributed by atoms with Gasteiger partial charge in [0.25, 0.3) is 0 Å². The summed E-state index contributed by atoms with van der Waals surface area (Å²) in [5.74, 6) is 0.591. The minimum atomic E-state index is -0.141. The summed E-state index contributed by atoms with van der Waals surface area (Å²) in [5.41, 5.74) is 1.77. The summed E-state index contributed by atoms with van der Waals surface area (Å²) in [6.45, 7) is 1.98. The number of rotatable bonds is 6. The Labute approximate surface area is 148 Å². The number of nitrogens with one attached hydrogen (secondary N) is 1. The van der Waals surface area contributed by atoms with Crippen LogP contribution in [0, 0.1) is 6.92 Å². The third kappa shape index (κ3) is 4.56. The second kappa shape index (κ2) is 8.10. The van der Waals surface area contributed by atoms with Gasteiger partial charge in [-0.2, -0.15) is 5.10 Å². The third-order valence-corrected chi connectivity index (χ3v) is 4.81. The maximum atomic E-state index is 12.2. The van der Waals surface area contributed by atoms with Crippen LogP contribution in [-0.2, 0) is 4.79 Å². The van der Waals surface area contributed by atoms with Crippen molar-refractivity contribution in [2.75, 3.05) is 5.32 Å². The molecule has 3 rings (SSSR count). The minimum Gasteiger partial charge on any atom is -0.311 e. The van der Waals surface area contributed by atoms with Crippen LogP contribution in [-0.4, -0.2) is 21.5 Å². The average molecular weight is 339 g/mol. The van der Waals surface area contributed by atoms with E-state index in [2.05, 4.69) is 10.4 Å². The molecule has 5 heteroatoms. The number of benzene rings is 1. The first-order valence-electron chi connectivity index (χ1n) is 9.07. The van der Waals surface area contributed by atoms with Crippen molar-refractivity contribution in [2.45, 2.75) is 57.9 Å². The fourth-order valence-electron chi connectivity index (χ4n) is 3.35. The molecule has 0 saturated heterocycles. The maximum absolute atomic E-state index is 12.2. The SMILES string of the molecule is Cc1ccc(C(=O)CCC(=O)Nc2ccnn2C2CCCCC2)cc1. The van der Waals surface area contributed by atoms with Gasteiger partial charge < -0.3 is 5.32 Å². The smallest absolute Gasteiger partial charge is 0.225 e. The highest BCUT2D eigenvalue weighted by Gasteiger charge is 2.19. The summed E-state index contributed by atoms with van der Waals surface area (Å²) in [7, 11) is 0. The van der Waals surface area contributed by atoms with E-state index in [9.17, 15) is 9.59 Å². The first kappa shape index (κ1) is 17.4. The van der Waals surface area contributed by atoms with Gasteiger partial charge in [-0.15, -0.1) is 0 Å². The Bertz CT molecular complexity index is 728. The summed E-state index contributed by atoms with van der Waals surface area (Å²) in [6.07, 6.45) is 8.04. The first-order chi connectivity index (χ1) is 12.1. The fourth-order valence-corrected chi connectivity index (χ4v) is 3.35. The zero-order valence-electron chi connectivity index (χ0n) is 14.7. The van der Waals surface area contributed by atoms with Crippen molar-refractivity contribution in [3.8, 4) is 0 Å². The molecule has 0 radical (unpaired) electrons. The van der Waals surface area contributed by atoms with E-state index in [0.29, 0.717) is 11.6 Å². The van der Waals surface area contributed by atoms with Gasteiger partial charge in [0.15, 0.2) is 5.78 Å². The molecule has 0 spiro atoms. The molecule has 0 atom stereocenters. The summed E-state index contributed by atoms with van der Waals surface area (Å²) in [4.78, 5) is 24.4. The number of ketones is 1. The quantitative estimate of drug-likeness (QED) is 0.798. The van der Waals surface area contributed by atoms with Gasteiger partial charge in [0, 0.05) is 24.5 Å². The highest BCUT2D eigenvalue weighted by molar-refractivity contribution is 5.99. The van der Waals surface area contributed by atoms with E-state index in [1.165, 1.54) is 19.3 Å². The van der Waals surface area contributed by atoms with Gasteiger partial charge >= 0.3 is 0 Å². The van der Waals surface area contributed by atoms with E-state index in [0.717, 1.165) is 24.2 Å². The van der Waals surface area contributed by atoms with Crippen molar-refractivity contribution in [3.63, 3.8) is 0 Å². The Balaban J connectivity index is 1.53. The molecular weight excluding hydrogens is 314 g/mol. The van der Waals surface area contributed by atoms with E-state index in [1.807, 2.05) is 41.9 Å².